The number of sulfonamides is 1. The Hall–Kier alpha value is -2.92. The van der Waals surface area contributed by atoms with Gasteiger partial charge in [0.1, 0.15) is 22.8 Å². The zero-order valence-electron chi connectivity index (χ0n) is 16.9. The van der Waals surface area contributed by atoms with Crippen molar-refractivity contribution in [1.82, 2.24) is 19.1 Å². The van der Waals surface area contributed by atoms with Gasteiger partial charge < -0.3 is 9.30 Å². The van der Waals surface area contributed by atoms with Gasteiger partial charge in [-0.1, -0.05) is 42.5 Å². The van der Waals surface area contributed by atoms with Crippen LogP contribution in [0.5, 0.6) is 5.75 Å². The molecule has 7 nitrogen and oxygen atoms in total. The highest BCUT2D eigenvalue weighted by atomic mass is 32.2. The number of benzene rings is 2. The van der Waals surface area contributed by atoms with Gasteiger partial charge in [0.2, 0.25) is 10.0 Å². The topological polar surface area (TPSA) is 77.3 Å². The zero-order valence-corrected chi connectivity index (χ0v) is 17.8. The number of aryl methyl sites for hydroxylation is 1. The van der Waals surface area contributed by atoms with Crippen molar-refractivity contribution in [2.24, 2.45) is 0 Å². The van der Waals surface area contributed by atoms with Crippen molar-refractivity contribution in [2.75, 3.05) is 0 Å². The first-order valence-corrected chi connectivity index (χ1v) is 11.5. The summed E-state index contributed by atoms with van der Waals surface area (Å²) in [5.74, 6) is -0.331. The molecule has 0 amide bonds. The Kier molecular flexibility index (Phi) is 6.20. The number of rotatable bonds is 5. The van der Waals surface area contributed by atoms with Gasteiger partial charge in [0.25, 0.3) is 0 Å². The molecule has 0 saturated heterocycles. The number of hydrogen-bond donors (Lipinski definition) is 0. The fourth-order valence-electron chi connectivity index (χ4n) is 3.87. The van der Waals surface area contributed by atoms with E-state index in [1.54, 1.807) is 4.57 Å². The summed E-state index contributed by atoms with van der Waals surface area (Å²) in [6.45, 7) is 0.523. The number of aromatic nitrogens is 3. The van der Waals surface area contributed by atoms with E-state index in [1.165, 1.54) is 22.8 Å². The molecule has 32 heavy (non-hydrogen) atoms. The van der Waals surface area contributed by atoms with E-state index < -0.39 is 33.1 Å². The highest BCUT2D eigenvalue weighted by Crippen LogP contribution is 2.34. The van der Waals surface area contributed by atoms with Gasteiger partial charge in [0.15, 0.2) is 0 Å². The van der Waals surface area contributed by atoms with Crippen LogP contribution in [0.3, 0.4) is 0 Å². The third-order valence-electron chi connectivity index (χ3n) is 5.31. The lowest BCUT2D eigenvalue weighted by molar-refractivity contribution is -0.275. The zero-order chi connectivity index (χ0) is 22.8. The van der Waals surface area contributed by atoms with Gasteiger partial charge in [-0.3, -0.25) is 0 Å². The number of alkyl halides is 3. The highest BCUT2D eigenvalue weighted by Gasteiger charge is 2.38. The molecular formula is C21H21F3N4O3S. The van der Waals surface area contributed by atoms with Crippen molar-refractivity contribution in [3.8, 4) is 5.75 Å². The number of nitrogens with zero attached hydrogens (tertiary/aromatic N) is 4. The predicted octanol–water partition coefficient (Wildman–Crippen LogP) is 3.77. The second-order valence-electron chi connectivity index (χ2n) is 7.47. The monoisotopic (exact) mass is 466 g/mol. The summed E-state index contributed by atoms with van der Waals surface area (Å²) >= 11 is 0. The minimum atomic E-state index is -5.02. The summed E-state index contributed by atoms with van der Waals surface area (Å²) in [5.41, 5.74) is 0.930. The third kappa shape index (κ3) is 4.94. The van der Waals surface area contributed by atoms with Crippen LogP contribution in [0.1, 0.15) is 24.2 Å². The third-order valence-corrected chi connectivity index (χ3v) is 7.25. The van der Waals surface area contributed by atoms with Crippen molar-refractivity contribution >= 4 is 10.0 Å². The van der Waals surface area contributed by atoms with Gasteiger partial charge in [0, 0.05) is 12.6 Å². The summed E-state index contributed by atoms with van der Waals surface area (Å²) < 4.78 is 73.3. The fourth-order valence-corrected chi connectivity index (χ4v) is 5.59. The second kappa shape index (κ2) is 8.91. The van der Waals surface area contributed by atoms with Crippen molar-refractivity contribution in [3.63, 3.8) is 0 Å². The first-order chi connectivity index (χ1) is 15.2. The largest absolute Gasteiger partial charge is 0.573 e. The van der Waals surface area contributed by atoms with Crippen LogP contribution in [0.4, 0.5) is 13.2 Å². The SMILES string of the molecule is O=S(=O)(c1ccccc1OC(F)(F)F)N1Cc2nncn2CCC[C@H]1Cc1ccccc1. The highest BCUT2D eigenvalue weighted by molar-refractivity contribution is 7.89. The number of hydrogen-bond acceptors (Lipinski definition) is 5. The molecule has 11 heteroatoms. The van der Waals surface area contributed by atoms with Gasteiger partial charge in [-0.25, -0.2) is 8.42 Å². The number of para-hydroxylation sites is 1. The van der Waals surface area contributed by atoms with Crippen LogP contribution in [-0.4, -0.2) is 39.9 Å². The van der Waals surface area contributed by atoms with Gasteiger partial charge in [-0.15, -0.1) is 23.4 Å². The lowest BCUT2D eigenvalue weighted by Crippen LogP contribution is -2.43. The summed E-state index contributed by atoms with van der Waals surface area (Å²) in [6, 6.07) is 13.7. The van der Waals surface area contributed by atoms with E-state index >= 15 is 0 Å². The molecule has 4 rings (SSSR count). The van der Waals surface area contributed by atoms with Crippen LogP contribution in [0.15, 0.2) is 65.8 Å². The molecule has 1 aromatic heterocycles. The minimum Gasteiger partial charge on any atom is -0.404 e. The van der Waals surface area contributed by atoms with Crippen molar-refractivity contribution in [2.45, 2.75) is 49.7 Å². The van der Waals surface area contributed by atoms with Crippen LogP contribution in [-0.2, 0) is 29.5 Å². The van der Waals surface area contributed by atoms with Crippen LogP contribution in [0.2, 0.25) is 0 Å². The molecular weight excluding hydrogens is 445 g/mol. The van der Waals surface area contributed by atoms with Crippen LogP contribution in [0, 0.1) is 0 Å². The molecule has 0 spiro atoms. The lowest BCUT2D eigenvalue weighted by Gasteiger charge is -2.33. The Morgan fingerprint density at radius 3 is 2.53 bits per heavy atom. The van der Waals surface area contributed by atoms with E-state index in [9.17, 15) is 21.6 Å². The van der Waals surface area contributed by atoms with E-state index in [-0.39, 0.29) is 6.54 Å². The quantitative estimate of drug-likeness (QED) is 0.572. The number of ether oxygens (including phenoxy) is 1. The predicted molar refractivity (Wildman–Crippen MR) is 109 cm³/mol. The van der Waals surface area contributed by atoms with Crippen LogP contribution < -0.4 is 4.74 Å². The smallest absolute Gasteiger partial charge is 0.404 e. The molecule has 2 heterocycles. The van der Waals surface area contributed by atoms with Crippen molar-refractivity contribution < 1.29 is 26.3 Å². The van der Waals surface area contributed by atoms with E-state index in [2.05, 4.69) is 14.9 Å². The molecule has 1 aliphatic heterocycles. The maximum Gasteiger partial charge on any atom is 0.573 e. The molecule has 0 fully saturated rings. The molecule has 0 bridgehead atoms. The molecule has 1 atom stereocenters. The molecule has 3 aromatic rings. The Morgan fingerprint density at radius 2 is 1.78 bits per heavy atom. The first-order valence-electron chi connectivity index (χ1n) is 10.0. The molecule has 2 aromatic carbocycles. The molecule has 0 saturated carbocycles. The molecule has 1 aliphatic rings. The van der Waals surface area contributed by atoms with Gasteiger partial charge in [-0.2, -0.15) is 4.31 Å². The lowest BCUT2D eigenvalue weighted by atomic mass is 10.0. The first kappa shape index (κ1) is 22.3. The summed E-state index contributed by atoms with van der Waals surface area (Å²) in [5, 5.41) is 7.90. The second-order valence-corrected chi connectivity index (χ2v) is 9.33. The standard InChI is InChI=1S/C21H21F3N4O3S/c22-21(23,24)31-18-10-4-5-11-19(18)32(29,30)28-14-20-26-25-15-27(20)12-6-9-17(28)13-16-7-2-1-3-8-16/h1-5,7-8,10-11,15,17H,6,9,12-14H2/t17-/m0/s1. The van der Waals surface area contributed by atoms with Crippen molar-refractivity contribution in [3.05, 3.63) is 72.3 Å². The number of fused-ring (bicyclic) bond motifs is 1. The average molecular weight is 466 g/mol. The molecule has 0 aliphatic carbocycles. The maximum atomic E-state index is 13.7. The summed E-state index contributed by atoms with van der Waals surface area (Å²) in [7, 11) is -4.37. The van der Waals surface area contributed by atoms with E-state index in [0.717, 1.165) is 17.7 Å². The maximum absolute atomic E-state index is 13.7. The fraction of sp³-hybridized carbons (Fsp3) is 0.333. The van der Waals surface area contributed by atoms with Gasteiger partial charge in [0.05, 0.1) is 6.54 Å². The van der Waals surface area contributed by atoms with Crippen LogP contribution in [0.25, 0.3) is 0 Å². The van der Waals surface area contributed by atoms with E-state index in [1.807, 2.05) is 30.3 Å². The summed E-state index contributed by atoms with van der Waals surface area (Å²) in [6.07, 6.45) is -1.90. The minimum absolute atomic E-state index is 0.111. The molecule has 170 valence electrons. The van der Waals surface area contributed by atoms with Crippen molar-refractivity contribution in [1.29, 1.82) is 0 Å². The Bertz CT molecular complexity index is 1170. The molecule has 0 radical (unpaired) electrons. The number of halogens is 3. The normalized spacial score (nSPS) is 17.9. The average Bonchev–Trinajstić information content (AvgIpc) is 3.16. The Balaban J connectivity index is 1.77. The Labute approximate surface area is 183 Å². The Morgan fingerprint density at radius 1 is 1.06 bits per heavy atom. The molecule has 0 unspecified atom stereocenters. The van der Waals surface area contributed by atoms with Crippen LogP contribution >= 0.6 is 0 Å². The molecule has 0 N–H and O–H groups in total. The van der Waals surface area contributed by atoms with E-state index in [4.69, 9.17) is 0 Å². The summed E-state index contributed by atoms with van der Waals surface area (Å²) in [4.78, 5) is -0.540. The van der Waals surface area contributed by atoms with Gasteiger partial charge in [-0.05, 0) is 37.0 Å². The van der Waals surface area contributed by atoms with E-state index in [0.29, 0.717) is 31.6 Å². The van der Waals surface area contributed by atoms with Gasteiger partial charge >= 0.3 is 6.36 Å².